The molecule has 1 amide bonds. The van der Waals surface area contributed by atoms with Crippen molar-refractivity contribution in [2.75, 3.05) is 11.9 Å². The Balaban J connectivity index is 1.51. The second-order valence-electron chi connectivity index (χ2n) is 5.29. The van der Waals surface area contributed by atoms with Crippen LogP contribution in [-0.2, 0) is 20.9 Å². The Bertz CT molecular complexity index is 1010. The van der Waals surface area contributed by atoms with Crippen molar-refractivity contribution in [1.29, 1.82) is 0 Å². The van der Waals surface area contributed by atoms with Crippen molar-refractivity contribution < 1.29 is 18.7 Å². The van der Waals surface area contributed by atoms with Crippen LogP contribution in [0, 0.1) is 0 Å². The Morgan fingerprint density at radius 3 is 2.85 bits per heavy atom. The topological polar surface area (TPSA) is 103 Å². The van der Waals surface area contributed by atoms with Gasteiger partial charge in [-0.2, -0.15) is 0 Å². The fourth-order valence-corrected chi connectivity index (χ4v) is 2.48. The number of carbonyl (C=O) groups is 2. The second kappa shape index (κ2) is 7.83. The van der Waals surface area contributed by atoms with E-state index in [9.17, 15) is 14.4 Å². The van der Waals surface area contributed by atoms with E-state index in [-0.39, 0.29) is 18.1 Å². The molecule has 9 heteroatoms. The summed E-state index contributed by atoms with van der Waals surface area (Å²) in [6, 6.07) is 10.1. The molecule has 0 atom stereocenters. The highest BCUT2D eigenvalue weighted by Crippen LogP contribution is 2.17. The predicted octanol–water partition coefficient (Wildman–Crippen LogP) is 2.21. The molecule has 0 fully saturated rings. The number of oxazole rings is 1. The van der Waals surface area contributed by atoms with Crippen molar-refractivity contribution in [3.8, 4) is 0 Å². The van der Waals surface area contributed by atoms with Gasteiger partial charge in [0.25, 0.3) is 5.91 Å². The lowest BCUT2D eigenvalue weighted by atomic mass is 10.3. The summed E-state index contributed by atoms with van der Waals surface area (Å²) in [7, 11) is 0. The Hall–Kier alpha value is -3.13. The number of para-hydroxylation sites is 2. The fraction of sp³-hybridized carbons (Fsp3) is 0.176. The molecule has 1 N–H and O–H groups in total. The molecule has 0 radical (unpaired) electrons. The van der Waals surface area contributed by atoms with Gasteiger partial charge in [-0.3, -0.25) is 14.2 Å². The van der Waals surface area contributed by atoms with E-state index in [0.29, 0.717) is 16.8 Å². The van der Waals surface area contributed by atoms with Gasteiger partial charge in [-0.15, -0.1) is 0 Å². The second-order valence-corrected chi connectivity index (χ2v) is 5.65. The number of amides is 1. The van der Waals surface area contributed by atoms with Crippen LogP contribution in [0.5, 0.6) is 0 Å². The van der Waals surface area contributed by atoms with E-state index >= 15 is 0 Å². The van der Waals surface area contributed by atoms with Gasteiger partial charge in [0.05, 0.1) is 17.6 Å². The van der Waals surface area contributed by atoms with Crippen LogP contribution in [0.3, 0.4) is 0 Å². The Kier molecular flexibility index (Phi) is 5.33. The van der Waals surface area contributed by atoms with E-state index in [1.54, 1.807) is 36.4 Å². The zero-order valence-corrected chi connectivity index (χ0v) is 14.2. The highest BCUT2D eigenvalue weighted by atomic mass is 35.5. The van der Waals surface area contributed by atoms with Crippen molar-refractivity contribution in [2.24, 2.45) is 0 Å². The number of benzene rings is 1. The molecule has 0 aliphatic heterocycles. The molecule has 2 heterocycles. The van der Waals surface area contributed by atoms with Gasteiger partial charge in [-0.05, 0) is 24.3 Å². The van der Waals surface area contributed by atoms with E-state index in [0.717, 1.165) is 0 Å². The number of carbonyl (C=O) groups excluding carboxylic acids is 2. The molecule has 2 aromatic heterocycles. The van der Waals surface area contributed by atoms with Crippen LogP contribution in [0.2, 0.25) is 5.15 Å². The van der Waals surface area contributed by atoms with Crippen molar-refractivity contribution in [3.05, 3.63) is 58.3 Å². The van der Waals surface area contributed by atoms with Crippen molar-refractivity contribution >= 4 is 40.3 Å². The third-order valence-corrected chi connectivity index (χ3v) is 3.81. The van der Waals surface area contributed by atoms with E-state index in [2.05, 4.69) is 10.3 Å². The molecule has 0 saturated heterocycles. The molecule has 26 heavy (non-hydrogen) atoms. The highest BCUT2D eigenvalue weighted by Gasteiger charge is 2.13. The third kappa shape index (κ3) is 4.09. The highest BCUT2D eigenvalue weighted by molar-refractivity contribution is 6.32. The van der Waals surface area contributed by atoms with Crippen LogP contribution >= 0.6 is 11.6 Å². The van der Waals surface area contributed by atoms with Crippen LogP contribution < -0.4 is 11.1 Å². The molecular formula is C17H14ClN3O5. The molecule has 0 aliphatic rings. The lowest BCUT2D eigenvalue weighted by Crippen LogP contribution is -2.22. The van der Waals surface area contributed by atoms with Gasteiger partial charge in [-0.1, -0.05) is 23.7 Å². The number of halogens is 1. The Labute approximate surface area is 152 Å². The molecule has 1 aromatic carbocycles. The van der Waals surface area contributed by atoms with Crippen molar-refractivity contribution in [3.63, 3.8) is 0 Å². The lowest BCUT2D eigenvalue weighted by molar-refractivity contribution is -0.147. The number of hydrogen-bond acceptors (Lipinski definition) is 6. The zero-order valence-electron chi connectivity index (χ0n) is 13.5. The number of aryl methyl sites for hydroxylation is 1. The molecule has 0 aliphatic carbocycles. The number of pyridine rings is 1. The quantitative estimate of drug-likeness (QED) is 0.523. The van der Waals surface area contributed by atoms with Crippen LogP contribution in [0.25, 0.3) is 11.1 Å². The third-order valence-electron chi connectivity index (χ3n) is 3.51. The van der Waals surface area contributed by atoms with Crippen LogP contribution in [0.15, 0.2) is 51.8 Å². The number of fused-ring (bicyclic) bond motifs is 1. The normalized spacial score (nSPS) is 10.7. The first-order valence-corrected chi connectivity index (χ1v) is 8.07. The number of nitrogens with one attached hydrogen (secondary N) is 1. The summed E-state index contributed by atoms with van der Waals surface area (Å²) in [5, 5.41) is 2.63. The number of aromatic nitrogens is 2. The summed E-state index contributed by atoms with van der Waals surface area (Å²) in [6.45, 7) is -0.379. The van der Waals surface area contributed by atoms with E-state index in [1.165, 1.54) is 10.8 Å². The predicted molar refractivity (Wildman–Crippen MR) is 93.9 cm³/mol. The number of esters is 1. The van der Waals surface area contributed by atoms with Gasteiger partial charge >= 0.3 is 11.7 Å². The first-order chi connectivity index (χ1) is 12.5. The number of ether oxygens (including phenoxy) is 1. The van der Waals surface area contributed by atoms with Gasteiger partial charge in [0, 0.05) is 12.7 Å². The number of hydrogen-bond donors (Lipinski definition) is 1. The van der Waals surface area contributed by atoms with E-state index in [4.69, 9.17) is 20.8 Å². The van der Waals surface area contributed by atoms with Crippen LogP contribution in [0.1, 0.15) is 6.42 Å². The van der Waals surface area contributed by atoms with Gasteiger partial charge < -0.3 is 14.5 Å². The summed E-state index contributed by atoms with van der Waals surface area (Å²) < 4.78 is 11.3. The SMILES string of the molecule is O=C(COC(=O)CCn1c(=O)oc2ccccc21)Nc1cccnc1Cl. The summed E-state index contributed by atoms with van der Waals surface area (Å²) in [4.78, 5) is 39.2. The van der Waals surface area contributed by atoms with Gasteiger partial charge in [0.2, 0.25) is 0 Å². The minimum absolute atomic E-state index is 0.0790. The first-order valence-electron chi connectivity index (χ1n) is 7.69. The Morgan fingerprint density at radius 2 is 2.04 bits per heavy atom. The van der Waals surface area contributed by atoms with Crippen molar-refractivity contribution in [2.45, 2.75) is 13.0 Å². The van der Waals surface area contributed by atoms with E-state index in [1.807, 2.05) is 0 Å². The Morgan fingerprint density at radius 1 is 1.23 bits per heavy atom. The zero-order chi connectivity index (χ0) is 18.5. The molecular weight excluding hydrogens is 362 g/mol. The summed E-state index contributed by atoms with van der Waals surface area (Å²) in [5.41, 5.74) is 1.36. The van der Waals surface area contributed by atoms with Crippen LogP contribution in [-0.4, -0.2) is 28.0 Å². The smallest absolute Gasteiger partial charge is 0.419 e. The van der Waals surface area contributed by atoms with Gasteiger partial charge in [0.1, 0.15) is 0 Å². The maximum atomic E-state index is 11.8. The minimum atomic E-state index is -0.616. The molecule has 134 valence electrons. The molecule has 3 rings (SSSR count). The van der Waals surface area contributed by atoms with Gasteiger partial charge in [-0.25, -0.2) is 9.78 Å². The molecule has 0 bridgehead atoms. The molecule has 0 unspecified atom stereocenters. The van der Waals surface area contributed by atoms with Crippen LogP contribution in [0.4, 0.5) is 5.69 Å². The number of nitrogens with zero attached hydrogens (tertiary/aromatic N) is 2. The summed E-state index contributed by atoms with van der Waals surface area (Å²) >= 11 is 5.83. The lowest BCUT2D eigenvalue weighted by Gasteiger charge is -2.07. The van der Waals surface area contributed by atoms with E-state index < -0.39 is 24.2 Å². The average molecular weight is 376 g/mol. The average Bonchev–Trinajstić information content (AvgIpc) is 2.95. The molecule has 0 saturated carbocycles. The van der Waals surface area contributed by atoms with Crippen molar-refractivity contribution in [1.82, 2.24) is 9.55 Å². The monoisotopic (exact) mass is 375 g/mol. The maximum Gasteiger partial charge on any atom is 0.419 e. The fourth-order valence-electron chi connectivity index (χ4n) is 2.31. The molecule has 3 aromatic rings. The minimum Gasteiger partial charge on any atom is -0.456 e. The number of anilines is 1. The van der Waals surface area contributed by atoms with Gasteiger partial charge in [0.15, 0.2) is 17.3 Å². The standard InChI is InChI=1S/C17H14ClN3O5/c18-16-11(4-3-8-19-16)20-14(22)10-25-15(23)7-9-21-12-5-1-2-6-13(12)26-17(21)24/h1-6,8H,7,9-10H2,(H,20,22). The summed E-state index contributed by atoms with van der Waals surface area (Å²) in [6.07, 6.45) is 1.41. The number of rotatable bonds is 6. The maximum absolute atomic E-state index is 11.8. The molecule has 0 spiro atoms. The largest absolute Gasteiger partial charge is 0.456 e. The summed E-state index contributed by atoms with van der Waals surface area (Å²) in [5.74, 6) is -1.71. The first kappa shape index (κ1) is 17.7. The molecule has 8 nitrogen and oxygen atoms in total.